The first-order valence-corrected chi connectivity index (χ1v) is 8.65. The van der Waals surface area contributed by atoms with E-state index in [1.165, 1.54) is 16.7 Å². The molecule has 0 aliphatic carbocycles. The molecule has 1 rings (SSSR count). The molecule has 22 heavy (non-hydrogen) atoms. The Morgan fingerprint density at radius 1 is 0.455 bits per heavy atom. The van der Waals surface area contributed by atoms with E-state index < -0.39 is 0 Å². The highest BCUT2D eigenvalue weighted by Gasteiger charge is 2.33. The first-order chi connectivity index (χ1) is 9.45. The Hall–Kier alpha value is -0.780. The maximum Gasteiger partial charge on any atom is -0.0126 e. The zero-order valence-corrected chi connectivity index (χ0v) is 17.2. The van der Waals surface area contributed by atoms with Crippen LogP contribution in [0.1, 0.15) is 105 Å². The van der Waals surface area contributed by atoms with Crippen LogP contribution in [0, 0.1) is 0 Å². The van der Waals surface area contributed by atoms with E-state index in [-0.39, 0.29) is 21.7 Å². The van der Waals surface area contributed by atoms with Crippen LogP contribution in [-0.2, 0) is 21.7 Å². The first-order valence-electron chi connectivity index (χ1n) is 8.65. The average Bonchev–Trinajstić information content (AvgIpc) is 2.22. The van der Waals surface area contributed by atoms with E-state index in [0.29, 0.717) is 0 Å². The van der Waals surface area contributed by atoms with E-state index >= 15 is 0 Å². The van der Waals surface area contributed by atoms with Gasteiger partial charge in [-0.3, -0.25) is 0 Å². The Labute approximate surface area is 139 Å². The maximum absolute atomic E-state index is 2.47. The highest BCUT2D eigenvalue weighted by Crippen LogP contribution is 2.43. The molecule has 0 amide bonds. The summed E-state index contributed by atoms with van der Waals surface area (Å²) in [5.41, 5.74) is 6.66. The summed E-state index contributed by atoms with van der Waals surface area (Å²) in [6.07, 6.45) is 0. The van der Waals surface area contributed by atoms with E-state index in [2.05, 4.69) is 95.2 Å². The van der Waals surface area contributed by atoms with Gasteiger partial charge in [0.25, 0.3) is 0 Å². The van der Waals surface area contributed by atoms with E-state index in [4.69, 9.17) is 0 Å². The zero-order chi connectivity index (χ0) is 17.7. The molecular formula is C22H38. The Bertz CT molecular complexity index is 496. The predicted molar refractivity (Wildman–Crippen MR) is 101 cm³/mol. The van der Waals surface area contributed by atoms with Gasteiger partial charge in [-0.05, 0) is 43.9 Å². The second-order valence-electron chi connectivity index (χ2n) is 10.9. The van der Waals surface area contributed by atoms with Crippen molar-refractivity contribution in [2.45, 2.75) is 105 Å². The zero-order valence-electron chi connectivity index (χ0n) is 17.2. The number of benzene rings is 1. The topological polar surface area (TPSA) is 0 Å². The molecule has 1 aromatic carbocycles. The third kappa shape index (κ3) is 4.15. The fourth-order valence-electron chi connectivity index (χ4n) is 3.07. The molecule has 0 radical (unpaired) electrons. The minimum atomic E-state index is 0.154. The third-order valence-electron chi connectivity index (χ3n) is 4.37. The predicted octanol–water partition coefficient (Wildman–Crippen LogP) is 6.88. The lowest BCUT2D eigenvalue weighted by atomic mass is 9.66. The highest BCUT2D eigenvalue weighted by atomic mass is 14.4. The van der Waals surface area contributed by atoms with Crippen molar-refractivity contribution in [1.29, 1.82) is 0 Å². The summed E-state index contributed by atoms with van der Waals surface area (Å²) in [6.45, 7) is 28.1. The normalized spacial score (nSPS) is 14.4. The fourth-order valence-corrected chi connectivity index (χ4v) is 3.07. The van der Waals surface area contributed by atoms with Gasteiger partial charge in [-0.15, -0.1) is 0 Å². The van der Waals surface area contributed by atoms with Crippen LogP contribution in [-0.4, -0.2) is 0 Å². The van der Waals surface area contributed by atoms with Crippen LogP contribution in [0.25, 0.3) is 0 Å². The third-order valence-corrected chi connectivity index (χ3v) is 4.37. The SMILES string of the molecule is CC(C)(C)c1cc(C(C)(C)C)c(C(C)(C)C)c(C(C)(C)C)c1. The molecule has 0 aliphatic heterocycles. The summed E-state index contributed by atoms with van der Waals surface area (Å²) >= 11 is 0. The Morgan fingerprint density at radius 2 is 0.773 bits per heavy atom. The van der Waals surface area contributed by atoms with Crippen LogP contribution >= 0.6 is 0 Å². The maximum atomic E-state index is 2.47. The largest absolute Gasteiger partial charge is 0.0561 e. The van der Waals surface area contributed by atoms with Gasteiger partial charge in [0.1, 0.15) is 0 Å². The monoisotopic (exact) mass is 302 g/mol. The van der Waals surface area contributed by atoms with Crippen LogP contribution in [0.2, 0.25) is 0 Å². The molecule has 0 atom stereocenters. The van der Waals surface area contributed by atoms with Gasteiger partial charge < -0.3 is 0 Å². The van der Waals surface area contributed by atoms with Gasteiger partial charge in [-0.1, -0.05) is 95.2 Å². The van der Waals surface area contributed by atoms with Gasteiger partial charge in [0.05, 0.1) is 0 Å². The summed E-state index contributed by atoms with van der Waals surface area (Å²) in [5, 5.41) is 0. The van der Waals surface area contributed by atoms with Crippen LogP contribution in [0.15, 0.2) is 12.1 Å². The van der Waals surface area contributed by atoms with Crippen molar-refractivity contribution in [2.24, 2.45) is 0 Å². The highest BCUT2D eigenvalue weighted by molar-refractivity contribution is 5.50. The second kappa shape index (κ2) is 5.39. The van der Waals surface area contributed by atoms with Crippen LogP contribution in [0.4, 0.5) is 0 Å². The summed E-state index contributed by atoms with van der Waals surface area (Å²) < 4.78 is 0. The smallest absolute Gasteiger partial charge is 0.0126 e. The second-order valence-corrected chi connectivity index (χ2v) is 10.9. The molecule has 0 saturated heterocycles. The van der Waals surface area contributed by atoms with Crippen LogP contribution < -0.4 is 0 Å². The number of hydrogen-bond donors (Lipinski definition) is 0. The van der Waals surface area contributed by atoms with E-state index in [1.807, 2.05) is 0 Å². The van der Waals surface area contributed by atoms with Crippen molar-refractivity contribution >= 4 is 0 Å². The molecule has 0 bridgehead atoms. The van der Waals surface area contributed by atoms with Gasteiger partial charge in [-0.2, -0.15) is 0 Å². The van der Waals surface area contributed by atoms with E-state index in [0.717, 1.165) is 0 Å². The molecule has 1 aromatic rings. The summed E-state index contributed by atoms with van der Waals surface area (Å²) in [7, 11) is 0. The molecule has 0 N–H and O–H groups in total. The molecule has 0 unspecified atom stereocenters. The molecule has 0 heteroatoms. The van der Waals surface area contributed by atoms with Crippen molar-refractivity contribution in [1.82, 2.24) is 0 Å². The Balaban J connectivity index is 3.96. The Morgan fingerprint density at radius 3 is 0.955 bits per heavy atom. The van der Waals surface area contributed by atoms with Crippen LogP contribution in [0.5, 0.6) is 0 Å². The summed E-state index contributed by atoms with van der Waals surface area (Å²) in [6, 6.07) is 4.94. The van der Waals surface area contributed by atoms with Crippen molar-refractivity contribution in [2.75, 3.05) is 0 Å². The summed E-state index contributed by atoms with van der Waals surface area (Å²) in [4.78, 5) is 0. The lowest BCUT2D eigenvalue weighted by molar-refractivity contribution is 0.490. The first kappa shape index (κ1) is 19.3. The average molecular weight is 303 g/mol. The summed E-state index contributed by atoms with van der Waals surface area (Å²) in [5.74, 6) is 0. The lowest BCUT2D eigenvalue weighted by Gasteiger charge is -2.38. The standard InChI is InChI=1S/C22H38/c1-19(2,3)15-13-16(20(4,5)6)18(22(10,11)12)17(14-15)21(7,8)9/h13-14H,1-12H3. The van der Waals surface area contributed by atoms with Crippen molar-refractivity contribution in [3.63, 3.8) is 0 Å². The van der Waals surface area contributed by atoms with Crippen LogP contribution in [0.3, 0.4) is 0 Å². The number of hydrogen-bond acceptors (Lipinski definition) is 0. The van der Waals surface area contributed by atoms with Gasteiger partial charge in [0, 0.05) is 0 Å². The van der Waals surface area contributed by atoms with Gasteiger partial charge >= 0.3 is 0 Å². The van der Waals surface area contributed by atoms with E-state index in [9.17, 15) is 0 Å². The minimum Gasteiger partial charge on any atom is -0.0561 e. The minimum absolute atomic E-state index is 0.154. The molecule has 0 aromatic heterocycles. The lowest BCUT2D eigenvalue weighted by Crippen LogP contribution is -2.29. The van der Waals surface area contributed by atoms with Gasteiger partial charge in [-0.25, -0.2) is 0 Å². The molecule has 0 heterocycles. The molecule has 0 saturated carbocycles. The quantitative estimate of drug-likeness (QED) is 0.490. The fraction of sp³-hybridized carbons (Fsp3) is 0.727. The van der Waals surface area contributed by atoms with E-state index in [1.54, 1.807) is 5.56 Å². The van der Waals surface area contributed by atoms with Gasteiger partial charge in [0.2, 0.25) is 0 Å². The molecule has 126 valence electrons. The van der Waals surface area contributed by atoms with Crippen molar-refractivity contribution in [3.8, 4) is 0 Å². The molecular weight excluding hydrogens is 264 g/mol. The van der Waals surface area contributed by atoms with Crippen molar-refractivity contribution in [3.05, 3.63) is 34.4 Å². The van der Waals surface area contributed by atoms with Crippen molar-refractivity contribution < 1.29 is 0 Å². The Kier molecular flexibility index (Phi) is 4.72. The molecule has 0 fully saturated rings. The molecule has 0 nitrogen and oxygen atoms in total. The number of rotatable bonds is 0. The molecule has 0 spiro atoms. The van der Waals surface area contributed by atoms with Gasteiger partial charge in [0.15, 0.2) is 0 Å². The molecule has 0 aliphatic rings.